The lowest BCUT2D eigenvalue weighted by Crippen LogP contribution is -2.13. The molecule has 7 heteroatoms. The fourth-order valence-corrected chi connectivity index (χ4v) is 1.30. The van der Waals surface area contributed by atoms with Crippen molar-refractivity contribution in [2.24, 2.45) is 5.73 Å². The summed E-state index contributed by atoms with van der Waals surface area (Å²) < 4.78 is 31.1. The predicted molar refractivity (Wildman–Crippen MR) is 59.5 cm³/mol. The molecule has 0 aliphatic rings. The minimum Gasteiger partial charge on any atom is -0.437 e. The zero-order chi connectivity index (χ0) is 13.1. The summed E-state index contributed by atoms with van der Waals surface area (Å²) in [6.07, 6.45) is 1.33. The first-order valence-electron chi connectivity index (χ1n) is 4.86. The number of amidine groups is 1. The number of nitrogens with zero attached hydrogens (tertiary/aromatic N) is 2. The van der Waals surface area contributed by atoms with Gasteiger partial charge in [0, 0.05) is 18.2 Å². The lowest BCUT2D eigenvalue weighted by molar-refractivity contribution is 0.443. The van der Waals surface area contributed by atoms with Crippen LogP contribution in [0.25, 0.3) is 0 Å². The summed E-state index contributed by atoms with van der Waals surface area (Å²) in [6, 6.07) is 4.11. The van der Waals surface area contributed by atoms with Gasteiger partial charge in [0.05, 0.1) is 11.8 Å². The average Bonchev–Trinajstić information content (AvgIpc) is 2.27. The predicted octanol–water partition coefficient (Wildman–Crippen LogP) is 1.83. The lowest BCUT2D eigenvalue weighted by atomic mass is 10.2. The molecule has 0 saturated heterocycles. The Labute approximate surface area is 101 Å². The van der Waals surface area contributed by atoms with Crippen molar-refractivity contribution in [3.8, 4) is 11.6 Å². The average molecular weight is 250 g/mol. The number of nitrogen functional groups attached to an aromatic ring is 1. The van der Waals surface area contributed by atoms with Gasteiger partial charge in [-0.15, -0.1) is 5.10 Å². The molecule has 0 atom stereocenters. The normalized spacial score (nSPS) is 10.1. The SMILES string of the molecule is N=C(N)c1ccnnc1Oc1cc(F)cc(F)c1. The molecule has 0 aliphatic carbocycles. The van der Waals surface area contributed by atoms with E-state index in [9.17, 15) is 8.78 Å². The number of halogens is 2. The van der Waals surface area contributed by atoms with Gasteiger partial charge in [-0.3, -0.25) is 5.41 Å². The molecule has 0 bridgehead atoms. The molecule has 5 nitrogen and oxygen atoms in total. The minimum absolute atomic E-state index is 0.0875. The highest BCUT2D eigenvalue weighted by molar-refractivity contribution is 5.96. The molecule has 0 saturated carbocycles. The van der Waals surface area contributed by atoms with Crippen LogP contribution in [0.5, 0.6) is 11.6 Å². The molecular weight excluding hydrogens is 242 g/mol. The number of hydrogen-bond donors (Lipinski definition) is 2. The standard InChI is InChI=1S/C11H8F2N4O/c12-6-3-7(13)5-8(4-6)18-11-9(10(14)15)1-2-16-17-11/h1-5H,(H3,14,15). The molecule has 0 amide bonds. The van der Waals surface area contributed by atoms with Crippen LogP contribution in [0, 0.1) is 17.0 Å². The largest absolute Gasteiger partial charge is 0.437 e. The first kappa shape index (κ1) is 11.9. The van der Waals surface area contributed by atoms with Gasteiger partial charge in [0.2, 0.25) is 5.88 Å². The Morgan fingerprint density at radius 2 is 1.89 bits per heavy atom. The van der Waals surface area contributed by atoms with E-state index in [4.69, 9.17) is 15.9 Å². The van der Waals surface area contributed by atoms with E-state index < -0.39 is 11.6 Å². The van der Waals surface area contributed by atoms with Gasteiger partial charge in [-0.05, 0) is 6.07 Å². The fraction of sp³-hybridized carbons (Fsp3) is 0. The Morgan fingerprint density at radius 3 is 2.50 bits per heavy atom. The monoisotopic (exact) mass is 250 g/mol. The molecule has 2 rings (SSSR count). The summed E-state index contributed by atoms with van der Waals surface area (Å²) in [4.78, 5) is 0. The van der Waals surface area contributed by atoms with Crippen LogP contribution < -0.4 is 10.5 Å². The Hall–Kier alpha value is -2.57. The van der Waals surface area contributed by atoms with Crippen LogP contribution in [0.4, 0.5) is 8.78 Å². The number of hydrogen-bond acceptors (Lipinski definition) is 4. The molecule has 2 aromatic rings. The molecule has 92 valence electrons. The highest BCUT2D eigenvalue weighted by atomic mass is 19.1. The summed E-state index contributed by atoms with van der Waals surface area (Å²) in [5, 5.41) is 14.5. The van der Waals surface area contributed by atoms with Gasteiger partial charge in [-0.25, -0.2) is 8.78 Å². The number of nitrogens with two attached hydrogens (primary N) is 1. The molecule has 1 aromatic heterocycles. The van der Waals surface area contributed by atoms with E-state index >= 15 is 0 Å². The van der Waals surface area contributed by atoms with Crippen molar-refractivity contribution >= 4 is 5.84 Å². The number of rotatable bonds is 3. The van der Waals surface area contributed by atoms with E-state index in [-0.39, 0.29) is 23.0 Å². The second-order valence-electron chi connectivity index (χ2n) is 3.37. The maximum atomic E-state index is 13.0. The molecule has 18 heavy (non-hydrogen) atoms. The third-order valence-electron chi connectivity index (χ3n) is 2.03. The van der Waals surface area contributed by atoms with Crippen molar-refractivity contribution in [3.05, 3.63) is 47.7 Å². The van der Waals surface area contributed by atoms with Gasteiger partial charge in [0.1, 0.15) is 23.2 Å². The molecule has 0 spiro atoms. The first-order valence-corrected chi connectivity index (χ1v) is 4.86. The second-order valence-corrected chi connectivity index (χ2v) is 3.37. The lowest BCUT2D eigenvalue weighted by Gasteiger charge is -2.07. The van der Waals surface area contributed by atoms with Gasteiger partial charge in [-0.1, -0.05) is 0 Å². The smallest absolute Gasteiger partial charge is 0.249 e. The highest BCUT2D eigenvalue weighted by Crippen LogP contribution is 2.23. The van der Waals surface area contributed by atoms with Gasteiger partial charge >= 0.3 is 0 Å². The van der Waals surface area contributed by atoms with Crippen LogP contribution >= 0.6 is 0 Å². The third-order valence-corrected chi connectivity index (χ3v) is 2.03. The van der Waals surface area contributed by atoms with Crippen LogP contribution in [-0.2, 0) is 0 Å². The van der Waals surface area contributed by atoms with E-state index in [1.54, 1.807) is 0 Å². The van der Waals surface area contributed by atoms with Crippen LogP contribution in [0.1, 0.15) is 5.56 Å². The van der Waals surface area contributed by atoms with E-state index in [1.807, 2.05) is 0 Å². The van der Waals surface area contributed by atoms with Gasteiger partial charge in [0.15, 0.2) is 0 Å². The van der Waals surface area contributed by atoms with Crippen LogP contribution in [0.2, 0.25) is 0 Å². The van der Waals surface area contributed by atoms with Crippen molar-refractivity contribution in [3.63, 3.8) is 0 Å². The molecule has 1 aromatic carbocycles. The molecule has 1 heterocycles. The van der Waals surface area contributed by atoms with Crippen molar-refractivity contribution in [1.82, 2.24) is 10.2 Å². The fourth-order valence-electron chi connectivity index (χ4n) is 1.30. The Morgan fingerprint density at radius 1 is 1.22 bits per heavy atom. The summed E-state index contributed by atoms with van der Waals surface area (Å²) in [5.41, 5.74) is 5.50. The highest BCUT2D eigenvalue weighted by Gasteiger charge is 2.10. The van der Waals surface area contributed by atoms with Crippen molar-refractivity contribution in [1.29, 1.82) is 5.41 Å². The maximum Gasteiger partial charge on any atom is 0.249 e. The second kappa shape index (κ2) is 4.74. The van der Waals surface area contributed by atoms with Gasteiger partial charge in [-0.2, -0.15) is 5.10 Å². The number of ether oxygens (including phenoxy) is 1. The maximum absolute atomic E-state index is 13.0. The van der Waals surface area contributed by atoms with Gasteiger partial charge in [0.25, 0.3) is 0 Å². The zero-order valence-electron chi connectivity index (χ0n) is 9.02. The van der Waals surface area contributed by atoms with Crippen molar-refractivity contribution in [2.75, 3.05) is 0 Å². The first-order chi connectivity index (χ1) is 8.56. The Balaban J connectivity index is 2.37. The quantitative estimate of drug-likeness (QED) is 0.642. The zero-order valence-corrected chi connectivity index (χ0v) is 9.02. The van der Waals surface area contributed by atoms with Crippen molar-refractivity contribution < 1.29 is 13.5 Å². The molecule has 0 fully saturated rings. The molecule has 3 N–H and O–H groups in total. The molecule has 0 aliphatic heterocycles. The molecular formula is C11H8F2N4O. The third kappa shape index (κ3) is 2.57. The Kier molecular flexibility index (Phi) is 3.13. The van der Waals surface area contributed by atoms with Gasteiger partial charge < -0.3 is 10.5 Å². The van der Waals surface area contributed by atoms with Crippen LogP contribution in [0.15, 0.2) is 30.5 Å². The van der Waals surface area contributed by atoms with Crippen molar-refractivity contribution in [2.45, 2.75) is 0 Å². The summed E-state index contributed by atoms with van der Waals surface area (Å²) >= 11 is 0. The number of nitrogens with one attached hydrogen (secondary N) is 1. The summed E-state index contributed by atoms with van der Waals surface area (Å²) in [7, 11) is 0. The topological polar surface area (TPSA) is 84.9 Å². The van der Waals surface area contributed by atoms with Crippen LogP contribution in [-0.4, -0.2) is 16.0 Å². The van der Waals surface area contributed by atoms with E-state index in [0.29, 0.717) is 0 Å². The molecule has 0 unspecified atom stereocenters. The Bertz CT molecular complexity index is 583. The minimum atomic E-state index is -0.779. The van der Waals surface area contributed by atoms with E-state index in [1.165, 1.54) is 12.3 Å². The number of aromatic nitrogens is 2. The summed E-state index contributed by atoms with van der Waals surface area (Å²) in [5.74, 6) is -2.01. The van der Waals surface area contributed by atoms with E-state index in [2.05, 4.69) is 10.2 Å². The van der Waals surface area contributed by atoms with Crippen LogP contribution in [0.3, 0.4) is 0 Å². The number of benzene rings is 1. The summed E-state index contributed by atoms with van der Waals surface area (Å²) in [6.45, 7) is 0. The molecule has 0 radical (unpaired) electrons. The van der Waals surface area contributed by atoms with E-state index in [0.717, 1.165) is 18.2 Å².